The normalized spacial score (nSPS) is 23.3. The zero-order valence-corrected chi connectivity index (χ0v) is 38.1. The van der Waals surface area contributed by atoms with Crippen LogP contribution in [0.15, 0.2) is 48.7 Å². The van der Waals surface area contributed by atoms with Crippen molar-refractivity contribution < 1.29 is 28.2 Å². The Hall–Kier alpha value is -6.28. The van der Waals surface area contributed by atoms with Gasteiger partial charge in [0.15, 0.2) is 5.82 Å². The van der Waals surface area contributed by atoms with Crippen LogP contribution in [0, 0.1) is 35.3 Å². The second-order valence-corrected chi connectivity index (χ2v) is 20.4. The summed E-state index contributed by atoms with van der Waals surface area (Å²) in [6.45, 7) is 8.07. The van der Waals surface area contributed by atoms with Crippen molar-refractivity contribution in [3.63, 3.8) is 0 Å². The molecule has 8 heterocycles. The first-order valence-corrected chi connectivity index (χ1v) is 24.2. The van der Waals surface area contributed by atoms with Crippen LogP contribution in [0.25, 0.3) is 43.8 Å². The molecule has 2 amide bonds. The number of nitrogens with zero attached hydrogens (tertiary/aromatic N) is 8. The minimum atomic E-state index is -0.724. The van der Waals surface area contributed by atoms with Crippen molar-refractivity contribution in [2.75, 3.05) is 63.9 Å². The molecule has 68 heavy (non-hydrogen) atoms. The van der Waals surface area contributed by atoms with Crippen LogP contribution >= 0.6 is 0 Å². The highest BCUT2D eigenvalue weighted by Crippen LogP contribution is 2.48. The number of hydrogen-bond donors (Lipinski definition) is 3. The molecule has 6 fully saturated rings. The van der Waals surface area contributed by atoms with E-state index in [4.69, 9.17) is 26.2 Å². The van der Waals surface area contributed by atoms with Gasteiger partial charge >= 0.3 is 6.01 Å². The lowest BCUT2D eigenvalue weighted by Crippen LogP contribution is -2.54. The maximum absolute atomic E-state index is 17.1. The predicted octanol–water partition coefficient (Wildman–Crippen LogP) is 6.13. The van der Waals surface area contributed by atoms with Crippen LogP contribution in [0.2, 0.25) is 0 Å². The highest BCUT2D eigenvalue weighted by Gasteiger charge is 2.47. The van der Waals surface area contributed by atoms with E-state index in [1.54, 1.807) is 6.20 Å². The van der Waals surface area contributed by atoms with Gasteiger partial charge in [0.1, 0.15) is 28.6 Å². The number of phenolic OH excluding ortho intramolecular Hbond substituents is 1. The van der Waals surface area contributed by atoms with E-state index in [0.29, 0.717) is 73.0 Å². The summed E-state index contributed by atoms with van der Waals surface area (Å²) >= 11 is 0. The zero-order valence-electron chi connectivity index (χ0n) is 38.1. The van der Waals surface area contributed by atoms with E-state index in [9.17, 15) is 14.7 Å². The predicted molar refractivity (Wildman–Crippen MR) is 253 cm³/mol. The summed E-state index contributed by atoms with van der Waals surface area (Å²) in [7, 11) is 1.93. The molecule has 5 saturated heterocycles. The molecule has 3 N–H and O–H groups in total. The lowest BCUT2D eigenvalue weighted by molar-refractivity contribution is -0.134. The van der Waals surface area contributed by atoms with Crippen molar-refractivity contribution in [3.05, 3.63) is 77.1 Å². The van der Waals surface area contributed by atoms with Crippen molar-refractivity contribution in [1.29, 1.82) is 0 Å². The van der Waals surface area contributed by atoms with Crippen molar-refractivity contribution in [3.8, 4) is 35.4 Å². The number of imide groups is 1. The van der Waals surface area contributed by atoms with Gasteiger partial charge in [-0.3, -0.25) is 24.6 Å². The van der Waals surface area contributed by atoms with Crippen LogP contribution in [0.1, 0.15) is 80.0 Å². The molecule has 1 aliphatic carbocycles. The first kappa shape index (κ1) is 43.0. The molecule has 3 atom stereocenters. The SMILES string of the molecule is C#Cc1c(F)ccc2cc(O)cc(-c3ncc4c(N5CC6CCC(C5)N6)nc(OCC5(CN6CC(CN7CCC(c8ccc9c(C%10CCC(=O)NC%10=O)nn(C)c9c8)CC7)C6)CC5)nc4c3F)c12. The number of terminal acetylenes is 1. The number of anilines is 1. The molecule has 16 heteroatoms. The fraction of sp³-hybridized carbons (Fsp3) is 0.462. The molecule has 1 saturated carbocycles. The highest BCUT2D eigenvalue weighted by atomic mass is 19.1. The van der Waals surface area contributed by atoms with E-state index in [2.05, 4.69) is 54.4 Å². The number of pyridine rings is 1. The lowest BCUT2D eigenvalue weighted by atomic mass is 9.87. The smallest absolute Gasteiger partial charge is 0.319 e. The van der Waals surface area contributed by atoms with Crippen molar-refractivity contribution in [1.82, 2.24) is 45.2 Å². The molecule has 0 radical (unpaired) electrons. The first-order chi connectivity index (χ1) is 33.0. The quantitative estimate of drug-likeness (QED) is 0.101. The van der Waals surface area contributed by atoms with E-state index in [0.717, 1.165) is 94.4 Å². The second kappa shape index (κ2) is 16.7. The summed E-state index contributed by atoms with van der Waals surface area (Å²) in [5, 5.41) is 23.8. The van der Waals surface area contributed by atoms with Gasteiger partial charge in [-0.05, 0) is 105 Å². The number of halogens is 2. The van der Waals surface area contributed by atoms with Gasteiger partial charge in [0.25, 0.3) is 0 Å². The number of ether oxygens (including phenoxy) is 1. The average molecular weight is 921 g/mol. The Balaban J connectivity index is 0.702. The summed E-state index contributed by atoms with van der Waals surface area (Å²) in [5.74, 6) is 1.71. The number of rotatable bonds is 11. The Morgan fingerprint density at radius 2 is 1.74 bits per heavy atom. The van der Waals surface area contributed by atoms with E-state index >= 15 is 8.78 Å². The lowest BCUT2D eigenvalue weighted by Gasteiger charge is -2.44. The standard InChI is InChI=1S/C52H54F2N10O4/c1-3-36-41(53)10-5-32-18-35(65)20-39(44(32)36)47-45(54)48-40(21-55-47)49(64-25-33-6-7-34(26-64)56-33)59-51(58-48)68-28-52(14-15-52)27-63-23-29(24-63)22-62-16-12-30(13-17-62)31-4-8-37-42(19-31)61(2)60-46(37)38-9-11-43(66)57-50(38)67/h1,4-5,8,10,18-21,29-30,33-34,38,56,65H,6-7,9,11-17,22-28H2,2H3,(H,57,66,67). The molecule has 6 aromatic rings. The van der Waals surface area contributed by atoms with E-state index in [1.807, 2.05) is 11.7 Å². The minimum Gasteiger partial charge on any atom is -0.508 e. The molecule has 350 valence electrons. The van der Waals surface area contributed by atoms with Crippen molar-refractivity contribution in [2.45, 2.75) is 75.3 Å². The maximum Gasteiger partial charge on any atom is 0.319 e. The average Bonchev–Trinajstić information content (AvgIpc) is 3.91. The molecule has 2 bridgehead atoms. The fourth-order valence-corrected chi connectivity index (χ4v) is 12.0. The number of piperidine rings is 2. The van der Waals surface area contributed by atoms with E-state index in [-0.39, 0.29) is 56.7 Å². The number of aromatic hydroxyl groups is 1. The van der Waals surface area contributed by atoms with Crippen LogP contribution < -0.4 is 20.3 Å². The number of amides is 2. The van der Waals surface area contributed by atoms with Gasteiger partial charge in [0.05, 0.1) is 34.7 Å². The number of phenols is 1. The van der Waals surface area contributed by atoms with Crippen LogP contribution in [0.5, 0.6) is 11.8 Å². The minimum absolute atomic E-state index is 0.0221. The highest BCUT2D eigenvalue weighted by molar-refractivity contribution is 6.04. The molecule has 3 unspecified atom stereocenters. The molecular formula is C52H54F2N10O4. The summed E-state index contributed by atoms with van der Waals surface area (Å²) in [6, 6.07) is 12.9. The first-order valence-electron chi connectivity index (χ1n) is 24.2. The number of fused-ring (bicyclic) bond motifs is 5. The van der Waals surface area contributed by atoms with Crippen LogP contribution in [0.3, 0.4) is 0 Å². The number of hydrogen-bond acceptors (Lipinski definition) is 12. The monoisotopic (exact) mass is 920 g/mol. The molecule has 5 aliphatic heterocycles. The van der Waals surface area contributed by atoms with Gasteiger partial charge in [-0.1, -0.05) is 24.1 Å². The summed E-state index contributed by atoms with van der Waals surface area (Å²) in [6.07, 6.45) is 14.5. The van der Waals surface area contributed by atoms with Gasteiger partial charge in [0, 0.05) is 92.8 Å². The van der Waals surface area contributed by atoms with Crippen molar-refractivity contribution >= 4 is 50.2 Å². The third kappa shape index (κ3) is 7.78. The van der Waals surface area contributed by atoms with Gasteiger partial charge < -0.3 is 29.9 Å². The number of carbonyl (C=O) groups excluding carboxylic acids is 2. The molecular weight excluding hydrogens is 867 g/mol. The summed E-state index contributed by atoms with van der Waals surface area (Å²) in [4.78, 5) is 46.0. The summed E-state index contributed by atoms with van der Waals surface area (Å²) < 4.78 is 40.5. The third-order valence-electron chi connectivity index (χ3n) is 15.7. The number of carbonyl (C=O) groups is 2. The van der Waals surface area contributed by atoms with E-state index < -0.39 is 17.6 Å². The van der Waals surface area contributed by atoms with Crippen molar-refractivity contribution in [2.24, 2.45) is 18.4 Å². The Bertz CT molecular complexity index is 3070. The molecule has 14 nitrogen and oxygen atoms in total. The second-order valence-electron chi connectivity index (χ2n) is 20.4. The van der Waals surface area contributed by atoms with Gasteiger partial charge in [-0.15, -0.1) is 6.42 Å². The number of benzene rings is 3. The molecule has 3 aromatic carbocycles. The number of aryl methyl sites for hydroxylation is 1. The zero-order chi connectivity index (χ0) is 46.4. The Labute approximate surface area is 392 Å². The summed E-state index contributed by atoms with van der Waals surface area (Å²) in [5.41, 5.74) is 3.15. The largest absolute Gasteiger partial charge is 0.508 e. The maximum atomic E-state index is 17.1. The topological polar surface area (TPSA) is 154 Å². The number of piperazine rings is 1. The fourth-order valence-electron chi connectivity index (χ4n) is 12.0. The van der Waals surface area contributed by atoms with Gasteiger partial charge in [-0.2, -0.15) is 15.1 Å². The molecule has 12 rings (SSSR count). The number of likely N-dealkylation sites (tertiary alicyclic amines) is 2. The van der Waals surface area contributed by atoms with Crippen LogP contribution in [-0.2, 0) is 16.6 Å². The third-order valence-corrected chi connectivity index (χ3v) is 15.7. The van der Waals surface area contributed by atoms with E-state index in [1.165, 1.54) is 29.8 Å². The Morgan fingerprint density at radius 1 is 0.941 bits per heavy atom. The molecule has 0 spiro atoms. The van der Waals surface area contributed by atoms with Crippen LogP contribution in [-0.4, -0.2) is 123 Å². The molecule has 3 aromatic heterocycles. The molecule has 6 aliphatic rings. The van der Waals surface area contributed by atoms with Gasteiger partial charge in [0.2, 0.25) is 11.8 Å². The van der Waals surface area contributed by atoms with Crippen LogP contribution in [0.4, 0.5) is 14.6 Å². The number of aromatic nitrogens is 5. The van der Waals surface area contributed by atoms with Gasteiger partial charge in [-0.25, -0.2) is 8.78 Å². The Kier molecular flexibility index (Phi) is 10.6. The Morgan fingerprint density at radius 3 is 2.49 bits per heavy atom. The number of nitrogens with one attached hydrogen (secondary N) is 2.